The van der Waals surface area contributed by atoms with Crippen molar-refractivity contribution in [2.45, 2.75) is 46.1 Å². The Kier molecular flexibility index (Phi) is 3.14. The fraction of sp³-hybridized carbons (Fsp3) is 0.529. The SMILES string of the molecule is Cc1ccc2c(CC3CCCN3)c(C)n(C)c2c1C. The predicted molar refractivity (Wildman–Crippen MR) is 81.9 cm³/mol. The Morgan fingerprint density at radius 3 is 2.74 bits per heavy atom. The molecule has 1 saturated heterocycles. The van der Waals surface area contributed by atoms with Crippen LogP contribution in [-0.2, 0) is 13.5 Å². The van der Waals surface area contributed by atoms with Gasteiger partial charge in [0.1, 0.15) is 0 Å². The average Bonchev–Trinajstić information content (AvgIpc) is 2.97. The highest BCUT2D eigenvalue weighted by molar-refractivity contribution is 5.89. The van der Waals surface area contributed by atoms with Crippen molar-refractivity contribution in [2.24, 2.45) is 7.05 Å². The molecule has 102 valence electrons. The van der Waals surface area contributed by atoms with Gasteiger partial charge in [-0.15, -0.1) is 0 Å². The maximum Gasteiger partial charge on any atom is 0.0515 e. The van der Waals surface area contributed by atoms with E-state index in [0.29, 0.717) is 6.04 Å². The second kappa shape index (κ2) is 4.68. The van der Waals surface area contributed by atoms with Crippen molar-refractivity contribution in [3.8, 4) is 0 Å². The van der Waals surface area contributed by atoms with Gasteiger partial charge in [0.15, 0.2) is 0 Å². The molecule has 1 fully saturated rings. The maximum absolute atomic E-state index is 3.62. The third-order valence-corrected chi connectivity index (χ3v) is 4.92. The molecule has 0 spiro atoms. The van der Waals surface area contributed by atoms with Gasteiger partial charge in [0.2, 0.25) is 0 Å². The Balaban J connectivity index is 2.13. The Hall–Kier alpha value is -1.28. The number of rotatable bonds is 2. The minimum Gasteiger partial charge on any atom is -0.347 e. The topological polar surface area (TPSA) is 17.0 Å². The van der Waals surface area contributed by atoms with Crippen LogP contribution < -0.4 is 5.32 Å². The van der Waals surface area contributed by atoms with Crippen LogP contribution in [0.15, 0.2) is 12.1 Å². The fourth-order valence-corrected chi connectivity index (χ4v) is 3.48. The molecule has 3 rings (SSSR count). The summed E-state index contributed by atoms with van der Waals surface area (Å²) < 4.78 is 2.38. The van der Waals surface area contributed by atoms with E-state index in [1.165, 1.54) is 53.5 Å². The maximum atomic E-state index is 3.62. The Labute approximate surface area is 115 Å². The zero-order valence-electron chi connectivity index (χ0n) is 12.5. The van der Waals surface area contributed by atoms with Crippen LogP contribution in [0.4, 0.5) is 0 Å². The van der Waals surface area contributed by atoms with Crippen LogP contribution in [-0.4, -0.2) is 17.2 Å². The molecule has 2 heteroatoms. The van der Waals surface area contributed by atoms with Crippen LogP contribution in [0.5, 0.6) is 0 Å². The summed E-state index contributed by atoms with van der Waals surface area (Å²) in [6.45, 7) is 7.90. The number of nitrogens with zero attached hydrogens (tertiary/aromatic N) is 1. The molecule has 0 aliphatic carbocycles. The number of fused-ring (bicyclic) bond motifs is 1. The van der Waals surface area contributed by atoms with Crippen LogP contribution in [0.25, 0.3) is 10.9 Å². The van der Waals surface area contributed by atoms with Crippen LogP contribution >= 0.6 is 0 Å². The molecule has 2 heterocycles. The van der Waals surface area contributed by atoms with E-state index in [0.717, 1.165) is 0 Å². The van der Waals surface area contributed by atoms with Gasteiger partial charge in [-0.3, -0.25) is 0 Å². The summed E-state index contributed by atoms with van der Waals surface area (Å²) in [5.74, 6) is 0. The predicted octanol–water partition coefficient (Wildman–Crippen LogP) is 3.40. The molecule has 2 nitrogen and oxygen atoms in total. The van der Waals surface area contributed by atoms with Crippen molar-refractivity contribution in [3.63, 3.8) is 0 Å². The smallest absolute Gasteiger partial charge is 0.0515 e. The van der Waals surface area contributed by atoms with E-state index >= 15 is 0 Å². The minimum absolute atomic E-state index is 0.672. The van der Waals surface area contributed by atoms with Crippen LogP contribution in [0, 0.1) is 20.8 Å². The lowest BCUT2D eigenvalue weighted by Gasteiger charge is -2.10. The molecule has 0 amide bonds. The van der Waals surface area contributed by atoms with Gasteiger partial charge < -0.3 is 9.88 Å². The summed E-state index contributed by atoms with van der Waals surface area (Å²) >= 11 is 0. The number of benzene rings is 1. The second-order valence-corrected chi connectivity index (χ2v) is 6.02. The third-order valence-electron chi connectivity index (χ3n) is 4.92. The third kappa shape index (κ3) is 1.99. The number of aromatic nitrogens is 1. The highest BCUT2D eigenvalue weighted by Gasteiger charge is 2.20. The van der Waals surface area contributed by atoms with E-state index in [-0.39, 0.29) is 0 Å². The Morgan fingerprint density at radius 1 is 1.26 bits per heavy atom. The first kappa shape index (κ1) is 12.7. The van der Waals surface area contributed by atoms with Crippen molar-refractivity contribution in [3.05, 3.63) is 34.5 Å². The normalized spacial score (nSPS) is 19.5. The number of aryl methyl sites for hydroxylation is 3. The van der Waals surface area contributed by atoms with Crippen molar-refractivity contribution in [1.82, 2.24) is 9.88 Å². The molecule has 0 radical (unpaired) electrons. The van der Waals surface area contributed by atoms with Crippen LogP contribution in [0.2, 0.25) is 0 Å². The van der Waals surface area contributed by atoms with E-state index in [9.17, 15) is 0 Å². The number of hydrogen-bond donors (Lipinski definition) is 1. The summed E-state index contributed by atoms with van der Waals surface area (Å²) in [6, 6.07) is 5.25. The fourth-order valence-electron chi connectivity index (χ4n) is 3.48. The summed E-state index contributed by atoms with van der Waals surface area (Å²) in [4.78, 5) is 0. The molecule has 19 heavy (non-hydrogen) atoms. The quantitative estimate of drug-likeness (QED) is 0.871. The summed E-state index contributed by atoms with van der Waals surface area (Å²) in [7, 11) is 2.20. The molecule has 1 aromatic carbocycles. The standard InChI is InChI=1S/C17H24N2/c1-11-7-8-15-16(10-14-6-5-9-18-14)13(3)19(4)17(15)12(11)2/h7-8,14,18H,5-6,9-10H2,1-4H3. The first-order valence-corrected chi connectivity index (χ1v) is 7.37. The molecule has 1 atom stereocenters. The molecular weight excluding hydrogens is 232 g/mol. The number of hydrogen-bond acceptors (Lipinski definition) is 1. The lowest BCUT2D eigenvalue weighted by molar-refractivity contribution is 0.602. The van der Waals surface area contributed by atoms with Gasteiger partial charge in [-0.05, 0) is 63.3 Å². The van der Waals surface area contributed by atoms with Gasteiger partial charge in [0.05, 0.1) is 5.52 Å². The molecule has 1 aliphatic heterocycles. The first-order valence-electron chi connectivity index (χ1n) is 7.37. The molecule has 0 bridgehead atoms. The van der Waals surface area contributed by atoms with E-state index < -0.39 is 0 Å². The lowest BCUT2D eigenvalue weighted by atomic mass is 9.99. The molecule has 2 aromatic rings. The Bertz CT molecular complexity index is 616. The van der Waals surface area contributed by atoms with Crippen LogP contribution in [0.3, 0.4) is 0 Å². The van der Waals surface area contributed by atoms with Gasteiger partial charge in [-0.2, -0.15) is 0 Å². The molecule has 1 N–H and O–H groups in total. The highest BCUT2D eigenvalue weighted by atomic mass is 15.0. The Morgan fingerprint density at radius 2 is 2.05 bits per heavy atom. The monoisotopic (exact) mass is 256 g/mol. The summed E-state index contributed by atoms with van der Waals surface area (Å²) in [5.41, 5.74) is 7.20. The highest BCUT2D eigenvalue weighted by Crippen LogP contribution is 2.30. The summed E-state index contributed by atoms with van der Waals surface area (Å²) in [6.07, 6.45) is 3.82. The van der Waals surface area contributed by atoms with Gasteiger partial charge >= 0.3 is 0 Å². The van der Waals surface area contributed by atoms with Crippen molar-refractivity contribution in [1.29, 1.82) is 0 Å². The molecular formula is C17H24N2. The average molecular weight is 256 g/mol. The largest absolute Gasteiger partial charge is 0.347 e. The van der Waals surface area contributed by atoms with Crippen molar-refractivity contribution < 1.29 is 0 Å². The molecule has 1 aromatic heterocycles. The van der Waals surface area contributed by atoms with Crippen LogP contribution in [0.1, 0.15) is 35.2 Å². The van der Waals surface area contributed by atoms with Gasteiger partial charge in [0, 0.05) is 24.2 Å². The zero-order valence-corrected chi connectivity index (χ0v) is 12.5. The molecule has 1 unspecified atom stereocenters. The van der Waals surface area contributed by atoms with Gasteiger partial charge in [0.25, 0.3) is 0 Å². The van der Waals surface area contributed by atoms with Crippen molar-refractivity contribution >= 4 is 10.9 Å². The molecule has 1 aliphatic rings. The lowest BCUT2D eigenvalue weighted by Crippen LogP contribution is -2.23. The first-order chi connectivity index (χ1) is 9.09. The zero-order chi connectivity index (χ0) is 13.6. The molecule has 0 saturated carbocycles. The van der Waals surface area contributed by atoms with E-state index in [1.807, 2.05) is 0 Å². The summed E-state index contributed by atoms with van der Waals surface area (Å²) in [5, 5.41) is 5.08. The number of nitrogens with one attached hydrogen (secondary N) is 1. The van der Waals surface area contributed by atoms with Crippen molar-refractivity contribution in [2.75, 3.05) is 6.54 Å². The van der Waals surface area contributed by atoms with Gasteiger partial charge in [-0.25, -0.2) is 0 Å². The minimum atomic E-state index is 0.672. The second-order valence-electron chi connectivity index (χ2n) is 6.02. The van der Waals surface area contributed by atoms with E-state index in [4.69, 9.17) is 0 Å². The van der Waals surface area contributed by atoms with Gasteiger partial charge in [-0.1, -0.05) is 12.1 Å². The van der Waals surface area contributed by atoms with E-state index in [1.54, 1.807) is 5.56 Å². The van der Waals surface area contributed by atoms with E-state index in [2.05, 4.69) is 49.8 Å².